The first-order valence-corrected chi connectivity index (χ1v) is 8.32. The van der Waals surface area contributed by atoms with Gasteiger partial charge in [-0.3, -0.25) is 4.79 Å². The minimum absolute atomic E-state index is 0.00779. The number of amides is 1. The SMILES string of the molecule is O=C(Cn1cnnn1)N1CCC(CO)(Cc2ccccc2Cl)CC1. The topological polar surface area (TPSA) is 84.1 Å². The van der Waals surface area contributed by atoms with E-state index in [4.69, 9.17) is 11.6 Å². The van der Waals surface area contributed by atoms with Crippen LogP contribution in [0, 0.1) is 5.41 Å². The van der Waals surface area contributed by atoms with E-state index in [-0.39, 0.29) is 24.5 Å². The minimum atomic E-state index is -0.226. The molecule has 1 aliphatic heterocycles. The molecule has 8 heteroatoms. The van der Waals surface area contributed by atoms with E-state index in [9.17, 15) is 9.90 Å². The number of aliphatic hydroxyl groups is 1. The monoisotopic (exact) mass is 349 g/mol. The van der Waals surface area contributed by atoms with E-state index >= 15 is 0 Å². The molecule has 0 aliphatic carbocycles. The molecule has 7 nitrogen and oxygen atoms in total. The quantitative estimate of drug-likeness (QED) is 0.876. The van der Waals surface area contributed by atoms with Gasteiger partial charge in [-0.1, -0.05) is 29.8 Å². The number of rotatable bonds is 5. The molecule has 0 saturated carbocycles. The van der Waals surface area contributed by atoms with Crippen LogP contribution in [-0.2, 0) is 17.8 Å². The van der Waals surface area contributed by atoms with E-state index in [0.717, 1.165) is 29.8 Å². The largest absolute Gasteiger partial charge is 0.396 e. The standard InChI is InChI=1S/C16H20ClN5O2/c17-14-4-2-1-3-13(14)9-16(11-23)5-7-21(8-6-16)15(24)10-22-12-18-19-20-22/h1-4,12,23H,5-11H2. The molecular formula is C16H20ClN5O2. The van der Waals surface area contributed by atoms with Gasteiger partial charge in [0.25, 0.3) is 0 Å². The van der Waals surface area contributed by atoms with E-state index in [2.05, 4.69) is 15.5 Å². The van der Waals surface area contributed by atoms with E-state index in [0.29, 0.717) is 13.1 Å². The highest BCUT2D eigenvalue weighted by Gasteiger charge is 2.36. The Balaban J connectivity index is 1.61. The van der Waals surface area contributed by atoms with Crippen molar-refractivity contribution in [2.75, 3.05) is 19.7 Å². The van der Waals surface area contributed by atoms with Crippen LogP contribution in [0.25, 0.3) is 0 Å². The fourth-order valence-electron chi connectivity index (χ4n) is 3.16. The summed E-state index contributed by atoms with van der Waals surface area (Å²) in [6.07, 6.45) is 3.64. The van der Waals surface area contributed by atoms with Crippen LogP contribution in [-0.4, -0.2) is 55.8 Å². The van der Waals surface area contributed by atoms with Gasteiger partial charge in [-0.25, -0.2) is 4.68 Å². The molecular weight excluding hydrogens is 330 g/mol. The summed E-state index contributed by atoms with van der Waals surface area (Å²) in [6, 6.07) is 7.72. The van der Waals surface area contributed by atoms with Crippen LogP contribution in [0.1, 0.15) is 18.4 Å². The van der Waals surface area contributed by atoms with Gasteiger partial charge in [0, 0.05) is 30.1 Å². The van der Waals surface area contributed by atoms with Crippen molar-refractivity contribution in [3.8, 4) is 0 Å². The van der Waals surface area contributed by atoms with Crippen molar-refractivity contribution >= 4 is 17.5 Å². The third-order valence-corrected chi connectivity index (χ3v) is 5.09. The third-order valence-electron chi connectivity index (χ3n) is 4.72. The fraction of sp³-hybridized carbons (Fsp3) is 0.500. The number of aromatic nitrogens is 4. The number of carbonyl (C=O) groups is 1. The molecule has 1 aromatic heterocycles. The van der Waals surface area contributed by atoms with Crippen LogP contribution in [0.5, 0.6) is 0 Å². The van der Waals surface area contributed by atoms with Gasteiger partial charge < -0.3 is 10.0 Å². The van der Waals surface area contributed by atoms with Gasteiger partial charge >= 0.3 is 0 Å². The van der Waals surface area contributed by atoms with E-state index < -0.39 is 0 Å². The van der Waals surface area contributed by atoms with Crippen LogP contribution >= 0.6 is 11.6 Å². The molecule has 24 heavy (non-hydrogen) atoms. The lowest BCUT2D eigenvalue weighted by molar-refractivity contribution is -0.135. The number of halogens is 1. The first kappa shape index (κ1) is 16.9. The second-order valence-corrected chi connectivity index (χ2v) is 6.72. The number of hydrogen-bond donors (Lipinski definition) is 1. The Bertz CT molecular complexity index is 684. The highest BCUT2D eigenvalue weighted by atomic mass is 35.5. The number of carbonyl (C=O) groups excluding carboxylic acids is 1. The summed E-state index contributed by atoms with van der Waals surface area (Å²) in [6.45, 7) is 1.47. The lowest BCUT2D eigenvalue weighted by atomic mass is 9.74. The van der Waals surface area contributed by atoms with Gasteiger partial charge in [0.15, 0.2) is 0 Å². The first-order valence-electron chi connectivity index (χ1n) is 7.95. The van der Waals surface area contributed by atoms with Crippen LogP contribution in [0.4, 0.5) is 0 Å². The lowest BCUT2D eigenvalue weighted by Crippen LogP contribution is -2.46. The Morgan fingerprint density at radius 3 is 2.67 bits per heavy atom. The van der Waals surface area contributed by atoms with Gasteiger partial charge in [-0.15, -0.1) is 5.10 Å². The summed E-state index contributed by atoms with van der Waals surface area (Å²) in [5, 5.41) is 21.4. The molecule has 1 aromatic carbocycles. The fourth-order valence-corrected chi connectivity index (χ4v) is 3.36. The molecule has 1 amide bonds. The van der Waals surface area contributed by atoms with Crippen LogP contribution in [0.15, 0.2) is 30.6 Å². The molecule has 0 atom stereocenters. The first-order chi connectivity index (χ1) is 11.6. The van der Waals surface area contributed by atoms with Crippen molar-refractivity contribution in [1.82, 2.24) is 25.1 Å². The minimum Gasteiger partial charge on any atom is -0.396 e. The predicted molar refractivity (Wildman–Crippen MR) is 88.3 cm³/mol. The third kappa shape index (κ3) is 3.73. The maximum Gasteiger partial charge on any atom is 0.244 e. The van der Waals surface area contributed by atoms with Crippen LogP contribution < -0.4 is 0 Å². The van der Waals surface area contributed by atoms with E-state index in [1.165, 1.54) is 11.0 Å². The Labute approximate surface area is 145 Å². The van der Waals surface area contributed by atoms with Crippen LogP contribution in [0.3, 0.4) is 0 Å². The average molecular weight is 350 g/mol. The average Bonchev–Trinajstić information content (AvgIpc) is 3.10. The summed E-state index contributed by atoms with van der Waals surface area (Å²) in [4.78, 5) is 14.1. The number of aliphatic hydroxyl groups excluding tert-OH is 1. The zero-order chi connectivity index (χ0) is 17.0. The normalized spacial score (nSPS) is 17.0. The number of tetrazole rings is 1. The van der Waals surface area contributed by atoms with Crippen molar-refractivity contribution in [1.29, 1.82) is 0 Å². The molecule has 0 spiro atoms. The number of nitrogens with zero attached hydrogens (tertiary/aromatic N) is 5. The summed E-state index contributed by atoms with van der Waals surface area (Å²) >= 11 is 6.25. The summed E-state index contributed by atoms with van der Waals surface area (Å²) in [5.41, 5.74) is 0.818. The maximum absolute atomic E-state index is 12.3. The molecule has 1 fully saturated rings. The molecule has 1 aliphatic rings. The summed E-state index contributed by atoms with van der Waals surface area (Å²) in [5.74, 6) is -0.00779. The molecule has 0 bridgehead atoms. The number of benzene rings is 1. The number of likely N-dealkylation sites (tertiary alicyclic amines) is 1. The highest BCUT2D eigenvalue weighted by Crippen LogP contribution is 2.36. The van der Waals surface area contributed by atoms with Crippen molar-refractivity contribution in [2.45, 2.75) is 25.8 Å². The van der Waals surface area contributed by atoms with Gasteiger partial charge in [-0.2, -0.15) is 0 Å². The lowest BCUT2D eigenvalue weighted by Gasteiger charge is -2.41. The molecule has 3 rings (SSSR count). The summed E-state index contributed by atoms with van der Waals surface area (Å²) in [7, 11) is 0. The number of piperidine rings is 1. The molecule has 2 heterocycles. The maximum atomic E-state index is 12.3. The van der Waals surface area contributed by atoms with Crippen molar-refractivity contribution in [2.24, 2.45) is 5.41 Å². The second kappa shape index (κ2) is 7.27. The zero-order valence-electron chi connectivity index (χ0n) is 13.3. The Morgan fingerprint density at radius 2 is 2.04 bits per heavy atom. The smallest absolute Gasteiger partial charge is 0.244 e. The highest BCUT2D eigenvalue weighted by molar-refractivity contribution is 6.31. The number of hydrogen-bond acceptors (Lipinski definition) is 5. The molecule has 2 aromatic rings. The molecule has 0 unspecified atom stereocenters. The molecule has 128 valence electrons. The molecule has 0 radical (unpaired) electrons. The van der Waals surface area contributed by atoms with Gasteiger partial charge in [-0.05, 0) is 41.3 Å². The Hall–Kier alpha value is -1.99. The van der Waals surface area contributed by atoms with Gasteiger partial charge in [0.2, 0.25) is 5.91 Å². The Kier molecular flexibility index (Phi) is 5.11. The van der Waals surface area contributed by atoms with Gasteiger partial charge in [0.1, 0.15) is 12.9 Å². The zero-order valence-corrected chi connectivity index (χ0v) is 14.1. The van der Waals surface area contributed by atoms with Crippen molar-refractivity contribution in [3.05, 3.63) is 41.2 Å². The van der Waals surface area contributed by atoms with E-state index in [1.807, 2.05) is 29.2 Å². The van der Waals surface area contributed by atoms with Gasteiger partial charge in [0.05, 0.1) is 0 Å². The second-order valence-electron chi connectivity index (χ2n) is 6.31. The van der Waals surface area contributed by atoms with Crippen LogP contribution in [0.2, 0.25) is 5.02 Å². The Morgan fingerprint density at radius 1 is 1.29 bits per heavy atom. The predicted octanol–water partition coefficient (Wildman–Crippen LogP) is 1.17. The van der Waals surface area contributed by atoms with Crippen molar-refractivity contribution in [3.63, 3.8) is 0 Å². The van der Waals surface area contributed by atoms with Crippen molar-refractivity contribution < 1.29 is 9.90 Å². The molecule has 1 saturated heterocycles. The molecule has 1 N–H and O–H groups in total. The summed E-state index contributed by atoms with van der Waals surface area (Å²) < 4.78 is 1.42. The van der Waals surface area contributed by atoms with E-state index in [1.54, 1.807) is 0 Å².